The molecule has 7 heteroatoms. The molecule has 6 atom stereocenters. The molecule has 2 N–H and O–H groups in total. The second-order valence-corrected chi connectivity index (χ2v) is 5.08. The van der Waals surface area contributed by atoms with Crippen LogP contribution in [0.3, 0.4) is 0 Å². The molecule has 7 nitrogen and oxygen atoms in total. The van der Waals surface area contributed by atoms with Crippen LogP contribution in [0.25, 0.3) is 0 Å². The first-order valence-electron chi connectivity index (χ1n) is 5.64. The van der Waals surface area contributed by atoms with Gasteiger partial charge in [-0.1, -0.05) is 0 Å². The number of carboxylic acid groups (broad SMARTS) is 2. The third kappa shape index (κ3) is 1.13. The van der Waals surface area contributed by atoms with Gasteiger partial charge in [0.2, 0.25) is 0 Å². The highest BCUT2D eigenvalue weighted by Gasteiger charge is 2.69. The molecule has 2 saturated carbocycles. The molecule has 96 valence electrons. The van der Waals surface area contributed by atoms with Crippen LogP contribution < -0.4 is 0 Å². The topological polar surface area (TPSA) is 118 Å². The molecule has 1 aliphatic heterocycles. The predicted octanol–water partition coefficient (Wildman–Crippen LogP) is -0.647. The van der Waals surface area contributed by atoms with Crippen LogP contribution in [0.15, 0.2) is 0 Å². The van der Waals surface area contributed by atoms with Crippen molar-refractivity contribution in [1.29, 1.82) is 0 Å². The number of fused-ring (bicyclic) bond motifs is 5. The number of esters is 2. The third-order valence-electron chi connectivity index (χ3n) is 4.48. The summed E-state index contributed by atoms with van der Waals surface area (Å²) in [4.78, 5) is 45.4. The fraction of sp³-hybridized carbons (Fsp3) is 0.636. The van der Waals surface area contributed by atoms with Crippen molar-refractivity contribution in [3.63, 3.8) is 0 Å². The van der Waals surface area contributed by atoms with Crippen LogP contribution in [0.5, 0.6) is 0 Å². The number of aliphatic carboxylic acids is 2. The van der Waals surface area contributed by atoms with Crippen LogP contribution in [-0.2, 0) is 23.9 Å². The Labute approximate surface area is 101 Å². The number of hydrogen-bond acceptors (Lipinski definition) is 5. The first-order valence-corrected chi connectivity index (χ1v) is 5.64. The maximum atomic E-state index is 11.5. The highest BCUT2D eigenvalue weighted by atomic mass is 16.6. The van der Waals surface area contributed by atoms with Crippen LogP contribution in [0.4, 0.5) is 0 Å². The van der Waals surface area contributed by atoms with E-state index in [-0.39, 0.29) is 0 Å². The minimum Gasteiger partial charge on any atom is -0.481 e. The first kappa shape index (κ1) is 11.2. The Morgan fingerprint density at radius 2 is 1.33 bits per heavy atom. The minimum absolute atomic E-state index is 0.296. The van der Waals surface area contributed by atoms with Crippen molar-refractivity contribution in [1.82, 2.24) is 0 Å². The highest BCUT2D eigenvalue weighted by Crippen LogP contribution is 2.60. The molecule has 0 spiro atoms. The Hall–Kier alpha value is -1.92. The Balaban J connectivity index is 2.03. The van der Waals surface area contributed by atoms with Crippen molar-refractivity contribution in [2.45, 2.75) is 6.42 Å². The van der Waals surface area contributed by atoms with Gasteiger partial charge in [-0.3, -0.25) is 19.2 Å². The second kappa shape index (κ2) is 3.30. The lowest BCUT2D eigenvalue weighted by Gasteiger charge is -2.29. The fourth-order valence-corrected chi connectivity index (χ4v) is 3.96. The third-order valence-corrected chi connectivity index (χ3v) is 4.48. The van der Waals surface area contributed by atoms with Crippen molar-refractivity contribution in [3.05, 3.63) is 0 Å². The first-order chi connectivity index (χ1) is 8.43. The van der Waals surface area contributed by atoms with Crippen molar-refractivity contribution >= 4 is 23.9 Å². The largest absolute Gasteiger partial charge is 0.481 e. The molecule has 0 aromatic heterocycles. The van der Waals surface area contributed by atoms with Crippen LogP contribution in [0, 0.1) is 35.5 Å². The molecular weight excluding hydrogens is 244 g/mol. The summed E-state index contributed by atoms with van der Waals surface area (Å²) in [7, 11) is 0. The maximum Gasteiger partial charge on any atom is 0.317 e. The minimum atomic E-state index is -1.22. The van der Waals surface area contributed by atoms with Gasteiger partial charge in [0.25, 0.3) is 0 Å². The normalized spacial score (nSPS) is 44.9. The number of carbonyl (C=O) groups is 4. The molecule has 0 amide bonds. The molecule has 0 aromatic carbocycles. The monoisotopic (exact) mass is 254 g/mol. The lowest BCUT2D eigenvalue weighted by atomic mass is 9.69. The number of carbonyl (C=O) groups excluding carboxylic acids is 2. The number of rotatable bonds is 2. The van der Waals surface area contributed by atoms with E-state index in [1.165, 1.54) is 0 Å². The van der Waals surface area contributed by atoms with Gasteiger partial charge in [-0.25, -0.2) is 0 Å². The zero-order valence-electron chi connectivity index (χ0n) is 9.11. The van der Waals surface area contributed by atoms with E-state index in [2.05, 4.69) is 4.74 Å². The molecule has 0 aromatic rings. The van der Waals surface area contributed by atoms with E-state index in [4.69, 9.17) is 10.2 Å². The average molecular weight is 254 g/mol. The molecule has 1 saturated heterocycles. The number of ether oxygens (including phenoxy) is 1. The SMILES string of the molecule is O=C(O)C1C2CC(C1C(=O)O)C1C(=O)OC(=O)C21. The summed E-state index contributed by atoms with van der Waals surface area (Å²) < 4.78 is 4.50. The lowest BCUT2D eigenvalue weighted by molar-refractivity contribution is -0.159. The molecule has 18 heavy (non-hydrogen) atoms. The smallest absolute Gasteiger partial charge is 0.317 e. The molecule has 3 aliphatic rings. The summed E-state index contributed by atoms with van der Waals surface area (Å²) in [5.41, 5.74) is 0. The number of cyclic esters (lactones) is 2. The molecule has 2 bridgehead atoms. The summed E-state index contributed by atoms with van der Waals surface area (Å²) in [5, 5.41) is 18.3. The van der Waals surface area contributed by atoms with E-state index in [0.717, 1.165) is 0 Å². The van der Waals surface area contributed by atoms with Gasteiger partial charge in [-0.15, -0.1) is 0 Å². The Morgan fingerprint density at radius 3 is 1.67 bits per heavy atom. The molecule has 0 radical (unpaired) electrons. The van der Waals surface area contributed by atoms with E-state index < -0.39 is 59.4 Å². The molecule has 3 rings (SSSR count). The molecule has 3 fully saturated rings. The van der Waals surface area contributed by atoms with Gasteiger partial charge in [0.15, 0.2) is 0 Å². The van der Waals surface area contributed by atoms with Crippen molar-refractivity contribution < 1.29 is 34.1 Å². The second-order valence-electron chi connectivity index (χ2n) is 5.08. The van der Waals surface area contributed by atoms with E-state index in [9.17, 15) is 19.2 Å². The van der Waals surface area contributed by atoms with Gasteiger partial charge < -0.3 is 14.9 Å². The lowest BCUT2D eigenvalue weighted by Crippen LogP contribution is -2.43. The summed E-state index contributed by atoms with van der Waals surface area (Å²) in [5.74, 6) is -8.78. The Bertz CT molecular complexity index is 440. The van der Waals surface area contributed by atoms with Crippen LogP contribution in [0.1, 0.15) is 6.42 Å². The number of carboxylic acids is 2. The number of hydrogen-bond donors (Lipinski definition) is 2. The molecule has 6 unspecified atom stereocenters. The van der Waals surface area contributed by atoms with E-state index in [1.54, 1.807) is 0 Å². The fourth-order valence-electron chi connectivity index (χ4n) is 3.96. The van der Waals surface area contributed by atoms with E-state index in [1.807, 2.05) is 0 Å². The van der Waals surface area contributed by atoms with Crippen LogP contribution >= 0.6 is 0 Å². The average Bonchev–Trinajstić information content (AvgIpc) is 2.88. The summed E-state index contributed by atoms with van der Waals surface area (Å²) in [6.45, 7) is 0. The van der Waals surface area contributed by atoms with E-state index >= 15 is 0 Å². The summed E-state index contributed by atoms with van der Waals surface area (Å²) >= 11 is 0. The van der Waals surface area contributed by atoms with Crippen molar-refractivity contribution in [3.8, 4) is 0 Å². The zero-order chi connectivity index (χ0) is 13.2. The van der Waals surface area contributed by atoms with E-state index in [0.29, 0.717) is 6.42 Å². The van der Waals surface area contributed by atoms with Gasteiger partial charge in [-0.2, -0.15) is 0 Å². The van der Waals surface area contributed by atoms with Crippen LogP contribution in [-0.4, -0.2) is 34.1 Å². The Kier molecular flexibility index (Phi) is 2.05. The summed E-state index contributed by atoms with van der Waals surface area (Å²) in [6, 6.07) is 0. The maximum absolute atomic E-state index is 11.5. The van der Waals surface area contributed by atoms with Gasteiger partial charge in [-0.05, 0) is 18.3 Å². The van der Waals surface area contributed by atoms with Crippen molar-refractivity contribution in [2.75, 3.05) is 0 Å². The Morgan fingerprint density at radius 1 is 0.944 bits per heavy atom. The van der Waals surface area contributed by atoms with Gasteiger partial charge in [0.1, 0.15) is 0 Å². The van der Waals surface area contributed by atoms with Crippen LogP contribution in [0.2, 0.25) is 0 Å². The molecule has 2 aliphatic carbocycles. The van der Waals surface area contributed by atoms with Gasteiger partial charge >= 0.3 is 23.9 Å². The standard InChI is InChI=1S/C11H10O7/c12-8(13)4-2-1-3(5(4)9(14)15)7-6(2)10(16)18-11(7)17/h2-7H,1H2,(H,12,13)(H,14,15). The predicted molar refractivity (Wildman–Crippen MR) is 51.9 cm³/mol. The summed E-state index contributed by atoms with van der Waals surface area (Å²) in [6.07, 6.45) is 0.296. The van der Waals surface area contributed by atoms with Crippen molar-refractivity contribution in [2.24, 2.45) is 35.5 Å². The van der Waals surface area contributed by atoms with Gasteiger partial charge in [0.05, 0.1) is 23.7 Å². The zero-order valence-corrected chi connectivity index (χ0v) is 9.11. The molecular formula is C11H10O7. The quantitative estimate of drug-likeness (QED) is 0.496. The molecule has 1 heterocycles. The van der Waals surface area contributed by atoms with Gasteiger partial charge in [0, 0.05) is 0 Å². The highest BCUT2D eigenvalue weighted by molar-refractivity contribution is 5.99.